The van der Waals surface area contributed by atoms with Crippen LogP contribution in [0.5, 0.6) is 0 Å². The summed E-state index contributed by atoms with van der Waals surface area (Å²) in [5.74, 6) is 0.663. The molecule has 3 heterocycles. The van der Waals surface area contributed by atoms with E-state index in [1.807, 2.05) is 4.90 Å². The molecular weight excluding hydrogens is 262 g/mol. The van der Waals surface area contributed by atoms with Gasteiger partial charge in [0, 0.05) is 11.4 Å². The molecule has 1 N–H and O–H groups in total. The molecule has 1 saturated carbocycles. The summed E-state index contributed by atoms with van der Waals surface area (Å²) < 4.78 is 0. The number of rotatable bonds is 2. The van der Waals surface area contributed by atoms with Gasteiger partial charge < -0.3 is 4.90 Å². The zero-order valence-electron chi connectivity index (χ0n) is 10.2. The number of amides is 1. The van der Waals surface area contributed by atoms with E-state index in [-0.39, 0.29) is 17.8 Å². The maximum atomic E-state index is 12.5. The Kier molecular flexibility index (Phi) is 2.41. The second-order valence-electron chi connectivity index (χ2n) is 5.07. The van der Waals surface area contributed by atoms with Gasteiger partial charge in [0.25, 0.3) is 11.7 Å². The zero-order valence-corrected chi connectivity index (χ0v) is 11.1. The summed E-state index contributed by atoms with van der Waals surface area (Å²) in [6, 6.07) is 2.37. The first kappa shape index (κ1) is 11.1. The molecule has 1 amide bonds. The van der Waals surface area contributed by atoms with Gasteiger partial charge in [-0.15, -0.1) is 21.5 Å². The third-order valence-corrected chi connectivity index (χ3v) is 4.88. The van der Waals surface area contributed by atoms with Crippen LogP contribution in [0.15, 0.2) is 11.4 Å². The van der Waals surface area contributed by atoms with Crippen LogP contribution in [0.25, 0.3) is 0 Å². The average molecular weight is 275 g/mol. The molecular formula is C12H13N5OS. The van der Waals surface area contributed by atoms with Crippen molar-refractivity contribution in [1.29, 1.82) is 0 Å². The van der Waals surface area contributed by atoms with Crippen LogP contribution in [-0.2, 0) is 6.42 Å². The Morgan fingerprint density at radius 2 is 2.37 bits per heavy atom. The topological polar surface area (TPSA) is 74.8 Å². The minimum atomic E-state index is -0.109. The molecule has 0 bridgehead atoms. The largest absolute Gasteiger partial charge is 0.328 e. The van der Waals surface area contributed by atoms with Gasteiger partial charge in [-0.3, -0.25) is 4.79 Å². The van der Waals surface area contributed by atoms with Crippen molar-refractivity contribution in [1.82, 2.24) is 25.5 Å². The van der Waals surface area contributed by atoms with E-state index in [1.165, 1.54) is 23.3 Å². The van der Waals surface area contributed by atoms with Crippen molar-refractivity contribution < 1.29 is 4.79 Å². The molecule has 1 atom stereocenters. The molecule has 6 nitrogen and oxygen atoms in total. The maximum absolute atomic E-state index is 12.5. The summed E-state index contributed by atoms with van der Waals surface area (Å²) in [6.07, 6.45) is 3.34. The number of thiophene rings is 1. The highest BCUT2D eigenvalue weighted by atomic mass is 32.1. The van der Waals surface area contributed by atoms with Crippen LogP contribution in [0.3, 0.4) is 0 Å². The number of fused-ring (bicyclic) bond motifs is 1. The minimum absolute atomic E-state index is 0.109. The Bertz CT molecular complexity index is 603. The van der Waals surface area contributed by atoms with Gasteiger partial charge in [0.1, 0.15) is 0 Å². The van der Waals surface area contributed by atoms with Gasteiger partial charge in [-0.25, -0.2) is 0 Å². The molecule has 0 spiro atoms. The summed E-state index contributed by atoms with van der Waals surface area (Å²) in [5.41, 5.74) is 1.33. The van der Waals surface area contributed by atoms with Crippen molar-refractivity contribution in [2.75, 3.05) is 6.54 Å². The molecule has 1 aliphatic heterocycles. The van der Waals surface area contributed by atoms with Crippen molar-refractivity contribution in [3.05, 3.63) is 27.7 Å². The lowest BCUT2D eigenvalue weighted by Gasteiger charge is -2.35. The van der Waals surface area contributed by atoms with E-state index in [0.717, 1.165) is 13.0 Å². The minimum Gasteiger partial charge on any atom is -0.328 e. The molecule has 98 valence electrons. The van der Waals surface area contributed by atoms with Gasteiger partial charge in [-0.1, -0.05) is 0 Å². The lowest BCUT2D eigenvalue weighted by Crippen LogP contribution is -2.41. The number of carbonyl (C=O) groups excluding carboxylic acids is 1. The molecule has 2 aromatic rings. The number of nitrogens with one attached hydrogen (secondary N) is 1. The van der Waals surface area contributed by atoms with Gasteiger partial charge in [0.2, 0.25) is 0 Å². The van der Waals surface area contributed by atoms with Crippen LogP contribution in [0.2, 0.25) is 0 Å². The Morgan fingerprint density at radius 1 is 1.47 bits per heavy atom. The van der Waals surface area contributed by atoms with Gasteiger partial charge in [-0.05, 0) is 47.4 Å². The summed E-state index contributed by atoms with van der Waals surface area (Å²) in [4.78, 5) is 15.8. The standard InChI is InChI=1S/C12H13N5OS/c18-12(11-13-15-16-14-11)17-5-3-9-8(4-6-19-9)10(17)7-1-2-7/h4,6-7,10H,1-3,5H2,(H,13,14,15,16). The second kappa shape index (κ2) is 4.12. The molecule has 1 fully saturated rings. The average Bonchev–Trinajstić information content (AvgIpc) is 2.95. The Morgan fingerprint density at radius 3 is 3.11 bits per heavy atom. The first-order valence-electron chi connectivity index (χ1n) is 6.45. The maximum Gasteiger partial charge on any atom is 0.295 e. The fourth-order valence-corrected chi connectivity index (χ4v) is 3.79. The van der Waals surface area contributed by atoms with E-state index in [9.17, 15) is 4.79 Å². The van der Waals surface area contributed by atoms with E-state index >= 15 is 0 Å². The monoisotopic (exact) mass is 275 g/mol. The molecule has 2 aromatic heterocycles. The van der Waals surface area contributed by atoms with Crippen molar-refractivity contribution in [3.63, 3.8) is 0 Å². The van der Waals surface area contributed by atoms with Crippen molar-refractivity contribution in [2.45, 2.75) is 25.3 Å². The third-order valence-electron chi connectivity index (χ3n) is 3.88. The highest BCUT2D eigenvalue weighted by Crippen LogP contribution is 2.48. The Labute approximate surface area is 113 Å². The summed E-state index contributed by atoms with van der Waals surface area (Å²) >= 11 is 1.80. The number of hydrogen-bond acceptors (Lipinski definition) is 5. The van der Waals surface area contributed by atoms with Crippen LogP contribution in [0.1, 0.15) is 39.9 Å². The molecule has 19 heavy (non-hydrogen) atoms. The number of H-pyrrole nitrogens is 1. The first-order valence-corrected chi connectivity index (χ1v) is 7.33. The van der Waals surface area contributed by atoms with E-state index in [1.54, 1.807) is 11.3 Å². The SMILES string of the molecule is O=C(c1nn[nH]n1)N1CCc2sccc2C1C1CC1. The second-order valence-corrected chi connectivity index (χ2v) is 6.07. The van der Waals surface area contributed by atoms with Gasteiger partial charge in [0.05, 0.1) is 6.04 Å². The first-order chi connectivity index (χ1) is 9.34. The number of aromatic nitrogens is 4. The quantitative estimate of drug-likeness (QED) is 0.899. The van der Waals surface area contributed by atoms with Crippen molar-refractivity contribution in [2.24, 2.45) is 5.92 Å². The molecule has 2 aliphatic rings. The molecule has 0 aromatic carbocycles. The molecule has 4 rings (SSSR count). The molecule has 0 radical (unpaired) electrons. The number of hydrogen-bond donors (Lipinski definition) is 1. The lowest BCUT2D eigenvalue weighted by atomic mass is 9.96. The molecule has 1 aliphatic carbocycles. The van der Waals surface area contributed by atoms with Crippen molar-refractivity contribution in [3.8, 4) is 0 Å². The van der Waals surface area contributed by atoms with Crippen LogP contribution in [0.4, 0.5) is 0 Å². The molecule has 0 saturated heterocycles. The number of carbonyl (C=O) groups is 1. The molecule has 7 heteroatoms. The zero-order chi connectivity index (χ0) is 12.8. The van der Waals surface area contributed by atoms with E-state index in [2.05, 4.69) is 32.1 Å². The van der Waals surface area contributed by atoms with Crippen LogP contribution < -0.4 is 0 Å². The molecule has 1 unspecified atom stereocenters. The van der Waals surface area contributed by atoms with Crippen molar-refractivity contribution >= 4 is 17.2 Å². The van der Waals surface area contributed by atoms with Crippen LogP contribution in [0, 0.1) is 5.92 Å². The van der Waals surface area contributed by atoms with Gasteiger partial charge in [0.15, 0.2) is 0 Å². The van der Waals surface area contributed by atoms with Gasteiger partial charge >= 0.3 is 0 Å². The fraction of sp³-hybridized carbons (Fsp3) is 0.500. The Balaban J connectivity index is 1.70. The lowest BCUT2D eigenvalue weighted by molar-refractivity contribution is 0.0624. The van der Waals surface area contributed by atoms with E-state index in [4.69, 9.17) is 0 Å². The summed E-state index contributed by atoms with van der Waals surface area (Å²) in [7, 11) is 0. The fourth-order valence-electron chi connectivity index (χ4n) is 2.88. The van der Waals surface area contributed by atoms with E-state index < -0.39 is 0 Å². The van der Waals surface area contributed by atoms with Gasteiger partial charge in [-0.2, -0.15) is 5.21 Å². The van der Waals surface area contributed by atoms with Crippen LogP contribution >= 0.6 is 11.3 Å². The number of nitrogens with zero attached hydrogens (tertiary/aromatic N) is 4. The number of aromatic amines is 1. The van der Waals surface area contributed by atoms with E-state index in [0.29, 0.717) is 5.92 Å². The van der Waals surface area contributed by atoms with Crippen LogP contribution in [-0.4, -0.2) is 38.0 Å². The number of tetrazole rings is 1. The highest BCUT2D eigenvalue weighted by molar-refractivity contribution is 7.10. The predicted molar refractivity (Wildman–Crippen MR) is 68.7 cm³/mol. The predicted octanol–water partition coefficient (Wildman–Crippen LogP) is 1.41. The highest BCUT2D eigenvalue weighted by Gasteiger charge is 2.42. The third kappa shape index (κ3) is 1.76. The normalized spacial score (nSPS) is 22.3. The Hall–Kier alpha value is -1.76. The summed E-state index contributed by atoms with van der Waals surface area (Å²) in [5, 5.41) is 15.6. The smallest absolute Gasteiger partial charge is 0.295 e. The summed E-state index contributed by atoms with van der Waals surface area (Å²) in [6.45, 7) is 0.752.